The van der Waals surface area contributed by atoms with Gasteiger partial charge >= 0.3 is 8.56 Å². The quantitative estimate of drug-likeness (QED) is 0.661. The highest BCUT2D eigenvalue weighted by Crippen LogP contribution is 2.09. The maximum absolute atomic E-state index is 5.85. The van der Waals surface area contributed by atoms with Gasteiger partial charge in [-0.25, -0.2) is 0 Å². The highest BCUT2D eigenvalue weighted by Gasteiger charge is 2.40. The van der Waals surface area contributed by atoms with Gasteiger partial charge in [-0.15, -0.1) is 0 Å². The topological polar surface area (TPSA) is 44.5 Å². The average Bonchev–Trinajstić information content (AvgIpc) is 2.42. The largest absolute Gasteiger partial charge is 0.406 e. The smallest absolute Gasteiger partial charge is 0.399 e. The maximum atomic E-state index is 5.85. The molecule has 2 rings (SSSR count). The van der Waals surface area contributed by atoms with E-state index >= 15 is 0 Å². The first-order valence-electron chi connectivity index (χ1n) is 5.75. The first kappa shape index (κ1) is 12.8. The maximum Gasteiger partial charge on any atom is 0.406 e. The third-order valence-electron chi connectivity index (χ3n) is 3.00. The van der Waals surface area contributed by atoms with Gasteiger partial charge in [0.2, 0.25) is 0 Å². The van der Waals surface area contributed by atoms with Crippen molar-refractivity contribution in [3.8, 4) is 0 Å². The van der Waals surface area contributed by atoms with Crippen molar-refractivity contribution in [2.24, 2.45) is 0 Å². The van der Waals surface area contributed by atoms with Crippen molar-refractivity contribution in [2.75, 3.05) is 20.0 Å². The van der Waals surface area contributed by atoms with Gasteiger partial charge in [0.25, 0.3) is 0 Å². The van der Waals surface area contributed by atoms with Gasteiger partial charge < -0.3 is 14.6 Å². The molecule has 0 fully saturated rings. The molecule has 2 N–H and O–H groups in total. The third-order valence-corrected chi connectivity index (χ3v) is 6.31. The molecule has 2 aromatic carbocycles. The second-order valence-corrected chi connectivity index (χ2v) is 7.22. The number of nitrogens with two attached hydrogens (primary N) is 1. The van der Waals surface area contributed by atoms with Crippen molar-refractivity contribution in [3.05, 3.63) is 54.6 Å². The molecule has 0 atom stereocenters. The van der Waals surface area contributed by atoms with E-state index in [0.29, 0.717) is 0 Å². The van der Waals surface area contributed by atoms with E-state index in [4.69, 9.17) is 14.6 Å². The van der Waals surface area contributed by atoms with Gasteiger partial charge in [-0.3, -0.25) is 0 Å². The Labute approximate surface area is 108 Å². The van der Waals surface area contributed by atoms with Crippen LogP contribution in [0.25, 0.3) is 0 Å². The number of hydrogen-bond acceptors (Lipinski definition) is 3. The zero-order valence-electron chi connectivity index (χ0n) is 10.6. The van der Waals surface area contributed by atoms with E-state index in [2.05, 4.69) is 0 Å². The van der Waals surface area contributed by atoms with E-state index in [-0.39, 0.29) is 0 Å². The number of benzene rings is 2. The van der Waals surface area contributed by atoms with E-state index in [9.17, 15) is 0 Å². The Morgan fingerprint density at radius 1 is 0.833 bits per heavy atom. The van der Waals surface area contributed by atoms with Crippen molar-refractivity contribution in [3.63, 3.8) is 0 Å². The summed E-state index contributed by atoms with van der Waals surface area (Å²) < 4.78 is 11.6. The minimum absolute atomic E-state index is 0.717. The van der Waals surface area contributed by atoms with Crippen LogP contribution < -0.4 is 16.1 Å². The predicted molar refractivity (Wildman–Crippen MR) is 76.3 cm³/mol. The standard InChI is InChI=1S/C14H17NO2Si/c1-16-18(17-2,13-8-4-3-5-9-13)14-10-6-7-12(15)11-14/h3-11H,15H2,1-2H3. The number of anilines is 1. The zero-order valence-corrected chi connectivity index (χ0v) is 11.6. The fourth-order valence-corrected chi connectivity index (χ4v) is 4.87. The van der Waals surface area contributed by atoms with Gasteiger partial charge in [0, 0.05) is 25.1 Å². The minimum Gasteiger partial charge on any atom is -0.399 e. The fourth-order valence-electron chi connectivity index (χ4n) is 2.12. The lowest BCUT2D eigenvalue weighted by Gasteiger charge is -2.28. The van der Waals surface area contributed by atoms with Crippen LogP contribution in [0.5, 0.6) is 0 Å². The van der Waals surface area contributed by atoms with Crippen LogP contribution in [0.3, 0.4) is 0 Å². The Morgan fingerprint density at radius 2 is 1.44 bits per heavy atom. The van der Waals surface area contributed by atoms with Gasteiger partial charge in [0.15, 0.2) is 0 Å². The summed E-state index contributed by atoms with van der Waals surface area (Å²) in [6.07, 6.45) is 0. The molecule has 3 nitrogen and oxygen atoms in total. The normalized spacial score (nSPS) is 11.4. The molecule has 0 aromatic heterocycles. The van der Waals surface area contributed by atoms with Gasteiger partial charge in [0.05, 0.1) is 0 Å². The molecular formula is C14H17NO2Si. The molecule has 0 unspecified atom stereocenters. The highest BCUT2D eigenvalue weighted by atomic mass is 28.4. The fraction of sp³-hybridized carbons (Fsp3) is 0.143. The lowest BCUT2D eigenvalue weighted by Crippen LogP contribution is -2.62. The van der Waals surface area contributed by atoms with E-state index in [1.54, 1.807) is 14.2 Å². The molecule has 0 radical (unpaired) electrons. The summed E-state index contributed by atoms with van der Waals surface area (Å²) in [6, 6.07) is 17.7. The monoisotopic (exact) mass is 259 g/mol. The number of nitrogen functional groups attached to an aromatic ring is 1. The Kier molecular flexibility index (Phi) is 3.81. The second-order valence-electron chi connectivity index (χ2n) is 4.02. The van der Waals surface area contributed by atoms with E-state index in [0.717, 1.165) is 16.1 Å². The Hall–Kier alpha value is -1.62. The SMILES string of the molecule is CO[Si](OC)(c1ccccc1)c1cccc(N)c1. The Morgan fingerprint density at radius 3 is 2.00 bits per heavy atom. The van der Waals surface area contributed by atoms with Crippen LogP contribution in [-0.2, 0) is 8.85 Å². The molecule has 0 aliphatic heterocycles. The van der Waals surface area contributed by atoms with Crippen molar-refractivity contribution in [2.45, 2.75) is 0 Å². The average molecular weight is 259 g/mol. The van der Waals surface area contributed by atoms with E-state index < -0.39 is 8.56 Å². The molecule has 18 heavy (non-hydrogen) atoms. The van der Waals surface area contributed by atoms with Gasteiger partial charge in [-0.1, -0.05) is 42.5 Å². The highest BCUT2D eigenvalue weighted by molar-refractivity contribution is 6.92. The van der Waals surface area contributed by atoms with Crippen LogP contribution >= 0.6 is 0 Å². The molecule has 0 bridgehead atoms. The van der Waals surface area contributed by atoms with Crippen molar-refractivity contribution < 1.29 is 8.85 Å². The summed E-state index contributed by atoms with van der Waals surface area (Å²) in [6.45, 7) is 0. The summed E-state index contributed by atoms with van der Waals surface area (Å²) in [7, 11) is 0.766. The lowest BCUT2D eigenvalue weighted by molar-refractivity contribution is 0.273. The molecule has 94 valence electrons. The van der Waals surface area contributed by atoms with Crippen LogP contribution in [0.1, 0.15) is 0 Å². The Bertz CT molecular complexity index is 512. The van der Waals surface area contributed by atoms with Crippen molar-refractivity contribution >= 4 is 24.6 Å². The number of rotatable bonds is 4. The molecule has 4 heteroatoms. The molecule has 2 aromatic rings. The van der Waals surface area contributed by atoms with Crippen LogP contribution in [0, 0.1) is 0 Å². The first-order chi connectivity index (χ1) is 8.73. The van der Waals surface area contributed by atoms with Crippen LogP contribution in [-0.4, -0.2) is 22.8 Å². The first-order valence-corrected chi connectivity index (χ1v) is 7.56. The van der Waals surface area contributed by atoms with Crippen molar-refractivity contribution in [1.29, 1.82) is 0 Å². The molecule has 0 spiro atoms. The summed E-state index contributed by atoms with van der Waals surface area (Å²) in [5, 5.41) is 2.08. The summed E-state index contributed by atoms with van der Waals surface area (Å²) in [4.78, 5) is 0. The second kappa shape index (κ2) is 5.35. The molecule has 0 aliphatic rings. The predicted octanol–water partition coefficient (Wildman–Crippen LogP) is 1.12. The summed E-state index contributed by atoms with van der Waals surface area (Å²) in [5.41, 5.74) is 6.57. The molecule has 0 saturated carbocycles. The van der Waals surface area contributed by atoms with Gasteiger partial charge in [0.1, 0.15) is 0 Å². The van der Waals surface area contributed by atoms with E-state index in [1.165, 1.54) is 0 Å². The molecule has 0 heterocycles. The van der Waals surface area contributed by atoms with Crippen LogP contribution in [0.15, 0.2) is 54.6 Å². The van der Waals surface area contributed by atoms with E-state index in [1.807, 2.05) is 54.6 Å². The molecule has 0 aliphatic carbocycles. The number of hydrogen-bond donors (Lipinski definition) is 1. The van der Waals surface area contributed by atoms with Crippen LogP contribution in [0.2, 0.25) is 0 Å². The zero-order chi connectivity index (χ0) is 13.0. The van der Waals surface area contributed by atoms with Crippen molar-refractivity contribution in [1.82, 2.24) is 0 Å². The molecule has 0 amide bonds. The van der Waals surface area contributed by atoms with Gasteiger partial charge in [-0.2, -0.15) is 0 Å². The lowest BCUT2D eigenvalue weighted by atomic mass is 10.3. The van der Waals surface area contributed by atoms with Gasteiger partial charge in [-0.05, 0) is 17.3 Å². The minimum atomic E-state index is -2.61. The third kappa shape index (κ3) is 2.18. The summed E-state index contributed by atoms with van der Waals surface area (Å²) in [5.74, 6) is 0. The summed E-state index contributed by atoms with van der Waals surface area (Å²) >= 11 is 0. The molecular weight excluding hydrogens is 242 g/mol. The Balaban J connectivity index is 2.57. The molecule has 0 saturated heterocycles. The van der Waals surface area contributed by atoms with Crippen LogP contribution in [0.4, 0.5) is 5.69 Å².